The van der Waals surface area contributed by atoms with Gasteiger partial charge in [-0.15, -0.1) is 0 Å². The number of imide groups is 1. The van der Waals surface area contributed by atoms with Crippen LogP contribution in [0.25, 0.3) is 0 Å². The van der Waals surface area contributed by atoms with Gasteiger partial charge in [-0.25, -0.2) is 4.90 Å². The molecule has 0 bridgehead atoms. The molecule has 9 heteroatoms. The first-order valence-corrected chi connectivity index (χ1v) is 8.95. The van der Waals surface area contributed by atoms with Crippen LogP contribution in [0.3, 0.4) is 0 Å². The minimum atomic E-state index is -0.652. The number of hydrogen-bond acceptors (Lipinski definition) is 7. The summed E-state index contributed by atoms with van der Waals surface area (Å²) in [5, 5.41) is 11.2. The van der Waals surface area contributed by atoms with Crippen LogP contribution in [-0.4, -0.2) is 53.3 Å². The standard InChI is InChI=1S/C18H21N3O6/c1-2-27-18(24)12-7-9-19(10-8-12)15-11-16(22)20(17(15)23)13-5-3-4-6-14(13)21(25)26/h3-6,12,15H,2,7-11H2,1H3/t15-/m1/s1. The third-order valence-electron chi connectivity index (χ3n) is 5.03. The summed E-state index contributed by atoms with van der Waals surface area (Å²) in [4.78, 5) is 50.6. The number of piperidine rings is 1. The largest absolute Gasteiger partial charge is 0.466 e. The van der Waals surface area contributed by atoms with Crippen molar-refractivity contribution in [3.05, 3.63) is 34.4 Å². The summed E-state index contributed by atoms with van der Waals surface area (Å²) >= 11 is 0. The van der Waals surface area contributed by atoms with Crippen molar-refractivity contribution < 1.29 is 24.0 Å². The summed E-state index contributed by atoms with van der Waals surface area (Å²) in [5.41, 5.74) is -0.276. The topological polar surface area (TPSA) is 110 Å². The highest BCUT2D eigenvalue weighted by Gasteiger charge is 2.45. The van der Waals surface area contributed by atoms with Gasteiger partial charge in [-0.3, -0.25) is 29.4 Å². The van der Waals surface area contributed by atoms with E-state index in [-0.39, 0.29) is 29.7 Å². The molecule has 27 heavy (non-hydrogen) atoms. The third-order valence-corrected chi connectivity index (χ3v) is 5.03. The molecule has 2 aliphatic heterocycles. The number of likely N-dealkylation sites (tertiary alicyclic amines) is 1. The van der Waals surface area contributed by atoms with Crippen molar-refractivity contribution >= 4 is 29.2 Å². The third kappa shape index (κ3) is 3.68. The van der Waals surface area contributed by atoms with Crippen LogP contribution in [0.4, 0.5) is 11.4 Å². The quantitative estimate of drug-likeness (QED) is 0.332. The molecular weight excluding hydrogens is 354 g/mol. The zero-order valence-corrected chi connectivity index (χ0v) is 15.0. The Labute approximate surface area is 156 Å². The number of ether oxygens (including phenoxy) is 1. The SMILES string of the molecule is CCOC(=O)C1CCN([C@@H]2CC(=O)N(c3ccccc3[N+](=O)[O-])C2=O)CC1. The first kappa shape index (κ1) is 19.0. The van der Waals surface area contributed by atoms with Crippen LogP contribution in [-0.2, 0) is 19.1 Å². The van der Waals surface area contributed by atoms with Crippen molar-refractivity contribution in [3.63, 3.8) is 0 Å². The number of hydrogen-bond donors (Lipinski definition) is 0. The maximum Gasteiger partial charge on any atom is 0.309 e. The Balaban J connectivity index is 1.73. The van der Waals surface area contributed by atoms with Gasteiger partial charge in [-0.2, -0.15) is 0 Å². The first-order chi connectivity index (χ1) is 12.9. The maximum absolute atomic E-state index is 12.9. The molecule has 1 atom stereocenters. The van der Waals surface area contributed by atoms with Crippen LogP contribution in [0.15, 0.2) is 24.3 Å². The number of nitro groups is 1. The van der Waals surface area contributed by atoms with E-state index in [1.807, 2.05) is 4.90 Å². The van der Waals surface area contributed by atoms with Gasteiger partial charge in [0.2, 0.25) is 5.91 Å². The van der Waals surface area contributed by atoms with Crippen LogP contribution in [0.1, 0.15) is 26.2 Å². The smallest absolute Gasteiger partial charge is 0.309 e. The summed E-state index contributed by atoms with van der Waals surface area (Å²) in [7, 11) is 0. The summed E-state index contributed by atoms with van der Waals surface area (Å²) in [6, 6.07) is 5.07. The summed E-state index contributed by atoms with van der Waals surface area (Å²) in [5.74, 6) is -1.33. The van der Waals surface area contributed by atoms with Gasteiger partial charge in [0.25, 0.3) is 11.6 Å². The average molecular weight is 375 g/mol. The van der Waals surface area contributed by atoms with Gasteiger partial charge >= 0.3 is 5.97 Å². The van der Waals surface area contributed by atoms with Gasteiger partial charge < -0.3 is 4.74 Å². The number of esters is 1. The van der Waals surface area contributed by atoms with E-state index >= 15 is 0 Å². The van der Waals surface area contributed by atoms with Gasteiger partial charge in [0.1, 0.15) is 5.69 Å². The van der Waals surface area contributed by atoms with Crippen LogP contribution >= 0.6 is 0 Å². The number of anilines is 1. The Hall–Kier alpha value is -2.81. The number of nitrogens with zero attached hydrogens (tertiary/aromatic N) is 3. The minimum Gasteiger partial charge on any atom is -0.466 e. The maximum atomic E-state index is 12.9. The molecule has 0 spiro atoms. The molecule has 0 unspecified atom stereocenters. The van der Waals surface area contributed by atoms with Crippen molar-refractivity contribution in [3.8, 4) is 0 Å². The molecule has 9 nitrogen and oxygen atoms in total. The van der Waals surface area contributed by atoms with E-state index in [4.69, 9.17) is 4.74 Å². The lowest BCUT2D eigenvalue weighted by atomic mass is 9.95. The van der Waals surface area contributed by atoms with Crippen LogP contribution < -0.4 is 4.90 Å². The zero-order valence-electron chi connectivity index (χ0n) is 15.0. The fourth-order valence-corrected chi connectivity index (χ4v) is 3.67. The van der Waals surface area contributed by atoms with E-state index in [0.717, 1.165) is 4.90 Å². The number of carbonyl (C=O) groups is 3. The molecule has 2 heterocycles. The fourth-order valence-electron chi connectivity index (χ4n) is 3.67. The highest BCUT2D eigenvalue weighted by Crippen LogP contribution is 2.34. The molecule has 0 radical (unpaired) electrons. The second-order valence-electron chi connectivity index (χ2n) is 6.60. The van der Waals surface area contributed by atoms with Gasteiger partial charge in [0.05, 0.1) is 29.9 Å². The number of amides is 2. The summed E-state index contributed by atoms with van der Waals surface area (Å²) in [6.45, 7) is 3.09. The summed E-state index contributed by atoms with van der Waals surface area (Å²) in [6.07, 6.45) is 1.10. The van der Waals surface area contributed by atoms with Crippen LogP contribution in [0, 0.1) is 16.0 Å². The second-order valence-corrected chi connectivity index (χ2v) is 6.60. The lowest BCUT2D eigenvalue weighted by molar-refractivity contribution is -0.384. The Bertz CT molecular complexity index is 772. The summed E-state index contributed by atoms with van der Waals surface area (Å²) < 4.78 is 5.04. The molecule has 0 saturated carbocycles. The Morgan fingerprint density at radius 3 is 2.56 bits per heavy atom. The zero-order chi connectivity index (χ0) is 19.6. The van der Waals surface area contributed by atoms with Gasteiger partial charge in [-0.05, 0) is 38.9 Å². The number of benzene rings is 1. The Kier molecular flexibility index (Phi) is 5.50. The molecule has 2 amide bonds. The van der Waals surface area contributed by atoms with Crippen molar-refractivity contribution in [2.24, 2.45) is 5.92 Å². The lowest BCUT2D eigenvalue weighted by Crippen LogP contribution is -2.47. The molecule has 0 aliphatic carbocycles. The van der Waals surface area contributed by atoms with E-state index in [1.54, 1.807) is 13.0 Å². The number of para-hydroxylation sites is 2. The van der Waals surface area contributed by atoms with E-state index in [1.165, 1.54) is 18.2 Å². The Morgan fingerprint density at radius 2 is 1.93 bits per heavy atom. The number of rotatable bonds is 5. The van der Waals surface area contributed by atoms with Gasteiger partial charge in [-0.1, -0.05) is 12.1 Å². The predicted octanol–water partition coefficient (Wildman–Crippen LogP) is 1.50. The monoisotopic (exact) mass is 375 g/mol. The molecule has 1 aromatic carbocycles. The molecule has 3 rings (SSSR count). The van der Waals surface area contributed by atoms with E-state index in [0.29, 0.717) is 32.5 Å². The molecule has 2 saturated heterocycles. The number of nitro benzene ring substituents is 1. The van der Waals surface area contributed by atoms with Crippen molar-refractivity contribution in [2.45, 2.75) is 32.2 Å². The van der Waals surface area contributed by atoms with Crippen molar-refractivity contribution in [2.75, 3.05) is 24.6 Å². The molecule has 2 aliphatic rings. The van der Waals surface area contributed by atoms with Gasteiger partial charge in [0.15, 0.2) is 0 Å². The van der Waals surface area contributed by atoms with Crippen LogP contribution in [0.5, 0.6) is 0 Å². The first-order valence-electron chi connectivity index (χ1n) is 8.95. The van der Waals surface area contributed by atoms with E-state index < -0.39 is 22.8 Å². The van der Waals surface area contributed by atoms with E-state index in [2.05, 4.69) is 0 Å². The van der Waals surface area contributed by atoms with Crippen molar-refractivity contribution in [1.82, 2.24) is 4.90 Å². The molecule has 144 valence electrons. The highest BCUT2D eigenvalue weighted by atomic mass is 16.6. The van der Waals surface area contributed by atoms with E-state index in [9.17, 15) is 24.5 Å². The number of carbonyl (C=O) groups excluding carboxylic acids is 3. The Morgan fingerprint density at radius 1 is 1.26 bits per heavy atom. The molecular formula is C18H21N3O6. The normalized spacial score (nSPS) is 21.5. The molecule has 2 fully saturated rings. The lowest BCUT2D eigenvalue weighted by Gasteiger charge is -2.33. The second kappa shape index (κ2) is 7.83. The van der Waals surface area contributed by atoms with Crippen molar-refractivity contribution in [1.29, 1.82) is 0 Å². The molecule has 0 aromatic heterocycles. The van der Waals surface area contributed by atoms with Crippen LogP contribution in [0.2, 0.25) is 0 Å². The fraction of sp³-hybridized carbons (Fsp3) is 0.500. The van der Waals surface area contributed by atoms with Gasteiger partial charge in [0, 0.05) is 6.07 Å². The predicted molar refractivity (Wildman–Crippen MR) is 94.9 cm³/mol. The molecule has 1 aromatic rings. The minimum absolute atomic E-state index is 0.00131. The molecule has 0 N–H and O–H groups in total. The highest BCUT2D eigenvalue weighted by molar-refractivity contribution is 6.23. The average Bonchev–Trinajstić information content (AvgIpc) is 2.96.